The van der Waals surface area contributed by atoms with Gasteiger partial charge in [0.1, 0.15) is 0 Å². The first-order valence-electron chi connectivity index (χ1n) is 10.7. The number of H-pyrrole nitrogens is 1. The van der Waals surface area contributed by atoms with Crippen molar-refractivity contribution in [2.75, 3.05) is 0 Å². The molecule has 1 aromatic heterocycles. The molecular formula is C23H28N4O3S2. The minimum absolute atomic E-state index is 0.0874. The van der Waals surface area contributed by atoms with Crippen LogP contribution in [0.15, 0.2) is 64.5 Å². The van der Waals surface area contributed by atoms with Crippen molar-refractivity contribution in [3.8, 4) is 0 Å². The lowest BCUT2D eigenvalue weighted by molar-refractivity contribution is 0.413. The number of para-hydroxylation sites is 1. The number of benzene rings is 2. The van der Waals surface area contributed by atoms with E-state index in [1.54, 1.807) is 18.2 Å². The van der Waals surface area contributed by atoms with Gasteiger partial charge in [-0.05, 0) is 61.3 Å². The normalized spacial score (nSPS) is 14.3. The van der Waals surface area contributed by atoms with Gasteiger partial charge in [0.05, 0.1) is 22.1 Å². The second-order valence-electron chi connectivity index (χ2n) is 7.66. The number of sulfonamides is 1. The summed E-state index contributed by atoms with van der Waals surface area (Å²) in [5.41, 5.74) is 1.75. The summed E-state index contributed by atoms with van der Waals surface area (Å²) in [5, 5.41) is 3.94. The number of rotatable bonds is 4. The van der Waals surface area contributed by atoms with E-state index in [0.29, 0.717) is 5.39 Å². The molecule has 1 heterocycles. The van der Waals surface area contributed by atoms with Crippen molar-refractivity contribution in [1.29, 1.82) is 0 Å². The van der Waals surface area contributed by atoms with Gasteiger partial charge in [-0.15, -0.1) is 0 Å². The van der Waals surface area contributed by atoms with E-state index in [9.17, 15) is 13.2 Å². The Morgan fingerprint density at radius 1 is 1.09 bits per heavy atom. The van der Waals surface area contributed by atoms with Crippen molar-refractivity contribution < 1.29 is 8.42 Å². The Morgan fingerprint density at radius 3 is 2.44 bits per heavy atom. The molecule has 32 heavy (non-hydrogen) atoms. The van der Waals surface area contributed by atoms with Crippen LogP contribution < -0.4 is 15.6 Å². The molecule has 0 unspecified atom stereocenters. The molecule has 1 fully saturated rings. The number of fused-ring (bicyclic) bond motifs is 1. The zero-order valence-corrected chi connectivity index (χ0v) is 19.6. The third-order valence-corrected chi connectivity index (χ3v) is 7.07. The molecular weight excluding hydrogens is 444 g/mol. The van der Waals surface area contributed by atoms with Crippen LogP contribution in [-0.4, -0.2) is 29.5 Å². The maximum atomic E-state index is 12.2. The van der Waals surface area contributed by atoms with Crippen LogP contribution in [0.5, 0.6) is 0 Å². The van der Waals surface area contributed by atoms with Crippen molar-refractivity contribution in [3.05, 3.63) is 70.8 Å². The molecule has 3 aromatic rings. The molecule has 0 radical (unpaired) electrons. The molecule has 1 aliphatic rings. The van der Waals surface area contributed by atoms with Gasteiger partial charge in [-0.3, -0.25) is 9.52 Å². The summed E-state index contributed by atoms with van der Waals surface area (Å²) in [4.78, 5) is 17.8. The molecule has 0 atom stereocenters. The predicted octanol–water partition coefficient (Wildman–Crippen LogP) is 3.66. The molecule has 0 aliphatic heterocycles. The standard InChI is InChI=1S/C15H22N2O2S2.C8H6N2O/c1-2-12-8-10-14(11-9-12)21(18,19)17-15(20)16-13-6-4-3-5-7-13;11-8-6-3-1-2-4-7(6)9-5-10-8/h8-11,13H,2-7H2,1H3,(H2,16,17,20);1-5H,(H,9,10,11). The van der Waals surface area contributed by atoms with Crippen LogP contribution in [0.3, 0.4) is 0 Å². The topological polar surface area (TPSA) is 104 Å². The lowest BCUT2D eigenvalue weighted by Crippen LogP contribution is -2.44. The van der Waals surface area contributed by atoms with Gasteiger partial charge in [0.2, 0.25) is 0 Å². The number of aromatic amines is 1. The number of thiocarbonyl (C=S) groups is 1. The molecule has 9 heteroatoms. The molecule has 0 spiro atoms. The molecule has 1 saturated carbocycles. The van der Waals surface area contributed by atoms with Crippen LogP contribution in [0.2, 0.25) is 0 Å². The molecule has 0 saturated heterocycles. The first-order valence-corrected chi connectivity index (χ1v) is 12.6. The van der Waals surface area contributed by atoms with Crippen LogP contribution in [0.1, 0.15) is 44.6 Å². The van der Waals surface area contributed by atoms with Crippen LogP contribution in [0, 0.1) is 0 Å². The summed E-state index contributed by atoms with van der Waals surface area (Å²) in [6, 6.07) is 14.4. The van der Waals surface area contributed by atoms with Crippen LogP contribution >= 0.6 is 12.2 Å². The van der Waals surface area contributed by atoms with Crippen LogP contribution in [0.25, 0.3) is 10.9 Å². The lowest BCUT2D eigenvalue weighted by atomic mass is 9.96. The van der Waals surface area contributed by atoms with E-state index >= 15 is 0 Å². The molecule has 4 rings (SSSR count). The summed E-state index contributed by atoms with van der Waals surface area (Å²) in [6.45, 7) is 2.03. The fourth-order valence-electron chi connectivity index (χ4n) is 3.56. The Labute approximate surface area is 193 Å². The average Bonchev–Trinajstić information content (AvgIpc) is 2.80. The highest BCUT2D eigenvalue weighted by molar-refractivity contribution is 7.91. The van der Waals surface area contributed by atoms with Gasteiger partial charge in [-0.2, -0.15) is 0 Å². The van der Waals surface area contributed by atoms with Gasteiger partial charge >= 0.3 is 0 Å². The number of aromatic nitrogens is 2. The van der Waals surface area contributed by atoms with Crippen LogP contribution in [0.4, 0.5) is 0 Å². The zero-order chi connectivity index (χ0) is 23.0. The van der Waals surface area contributed by atoms with Gasteiger partial charge in [-0.1, -0.05) is 50.5 Å². The van der Waals surface area contributed by atoms with Gasteiger partial charge < -0.3 is 10.3 Å². The van der Waals surface area contributed by atoms with Crippen molar-refractivity contribution in [2.45, 2.75) is 56.4 Å². The smallest absolute Gasteiger partial charge is 0.263 e. The summed E-state index contributed by atoms with van der Waals surface area (Å²) < 4.78 is 26.9. The number of hydrogen-bond donors (Lipinski definition) is 3. The number of hydrogen-bond acceptors (Lipinski definition) is 5. The number of nitrogens with one attached hydrogen (secondary N) is 3. The molecule has 2 aromatic carbocycles. The maximum Gasteiger partial charge on any atom is 0.263 e. The molecule has 3 N–H and O–H groups in total. The third kappa shape index (κ3) is 6.61. The Kier molecular flexibility index (Phi) is 8.35. The monoisotopic (exact) mass is 472 g/mol. The van der Waals surface area contributed by atoms with Crippen molar-refractivity contribution in [1.82, 2.24) is 20.0 Å². The van der Waals surface area contributed by atoms with E-state index in [1.807, 2.05) is 37.3 Å². The van der Waals surface area contributed by atoms with E-state index < -0.39 is 10.0 Å². The molecule has 7 nitrogen and oxygen atoms in total. The zero-order valence-electron chi connectivity index (χ0n) is 18.0. The summed E-state index contributed by atoms with van der Waals surface area (Å²) >= 11 is 5.13. The highest BCUT2D eigenvalue weighted by atomic mass is 32.2. The van der Waals surface area contributed by atoms with Crippen molar-refractivity contribution >= 4 is 38.3 Å². The van der Waals surface area contributed by atoms with E-state index in [1.165, 1.54) is 25.6 Å². The molecule has 1 aliphatic carbocycles. The van der Waals surface area contributed by atoms with E-state index in [-0.39, 0.29) is 21.6 Å². The highest BCUT2D eigenvalue weighted by Gasteiger charge is 2.19. The average molecular weight is 473 g/mol. The largest absolute Gasteiger partial charge is 0.359 e. The highest BCUT2D eigenvalue weighted by Crippen LogP contribution is 2.17. The quantitative estimate of drug-likeness (QED) is 0.501. The summed E-state index contributed by atoms with van der Waals surface area (Å²) in [6.07, 6.45) is 7.98. The first kappa shape index (κ1) is 23.9. The second-order valence-corrected chi connectivity index (χ2v) is 9.75. The fraction of sp³-hybridized carbons (Fsp3) is 0.348. The Bertz CT molecular complexity index is 1200. The molecule has 0 amide bonds. The van der Waals surface area contributed by atoms with Crippen molar-refractivity contribution in [2.24, 2.45) is 0 Å². The van der Waals surface area contributed by atoms with Crippen molar-refractivity contribution in [3.63, 3.8) is 0 Å². The van der Waals surface area contributed by atoms with E-state index in [4.69, 9.17) is 12.2 Å². The van der Waals surface area contributed by atoms with Gasteiger partial charge in [0, 0.05) is 6.04 Å². The predicted molar refractivity (Wildman–Crippen MR) is 131 cm³/mol. The van der Waals surface area contributed by atoms with Gasteiger partial charge in [0.15, 0.2) is 5.11 Å². The molecule has 0 bridgehead atoms. The second kappa shape index (κ2) is 11.2. The fourth-order valence-corrected chi connectivity index (χ4v) is 4.97. The van der Waals surface area contributed by atoms with Gasteiger partial charge in [-0.25, -0.2) is 13.4 Å². The van der Waals surface area contributed by atoms with Gasteiger partial charge in [0.25, 0.3) is 15.6 Å². The summed E-state index contributed by atoms with van der Waals surface area (Å²) in [7, 11) is -3.59. The summed E-state index contributed by atoms with van der Waals surface area (Å²) in [5.74, 6) is 0. The minimum atomic E-state index is -3.59. The lowest BCUT2D eigenvalue weighted by Gasteiger charge is -2.24. The molecule has 170 valence electrons. The Morgan fingerprint density at radius 2 is 1.78 bits per heavy atom. The Hall–Kier alpha value is -2.78. The number of aryl methyl sites for hydroxylation is 1. The number of nitrogens with zero attached hydrogens (tertiary/aromatic N) is 1. The van der Waals surface area contributed by atoms with E-state index in [2.05, 4.69) is 20.0 Å². The SMILES string of the molecule is CCc1ccc(S(=O)(=O)NC(=S)NC2CCCCC2)cc1.O=c1[nH]cnc2ccccc12. The maximum absolute atomic E-state index is 12.2. The van der Waals surface area contributed by atoms with E-state index in [0.717, 1.165) is 30.3 Å². The first-order chi connectivity index (χ1) is 15.4. The Balaban J connectivity index is 0.000000219. The van der Waals surface area contributed by atoms with Crippen LogP contribution in [-0.2, 0) is 16.4 Å². The minimum Gasteiger partial charge on any atom is -0.359 e. The third-order valence-electron chi connectivity index (χ3n) is 5.36.